The van der Waals surface area contributed by atoms with Crippen LogP contribution >= 0.6 is 0 Å². The Morgan fingerprint density at radius 2 is 2.00 bits per heavy atom. The van der Waals surface area contributed by atoms with Gasteiger partial charge in [-0.25, -0.2) is 0 Å². The lowest BCUT2D eigenvalue weighted by atomic mass is 9.88. The van der Waals surface area contributed by atoms with Crippen LogP contribution < -0.4 is 15.4 Å². The monoisotopic (exact) mass is 403 g/mol. The van der Waals surface area contributed by atoms with E-state index < -0.39 is 0 Å². The molecule has 2 heterocycles. The Hall–Kier alpha value is -3.05. The first-order chi connectivity index (χ1) is 14.6. The first kappa shape index (κ1) is 20.2. The highest BCUT2D eigenvalue weighted by Gasteiger charge is 2.40. The molecule has 5 heteroatoms. The zero-order valence-electron chi connectivity index (χ0n) is 17.4. The van der Waals surface area contributed by atoms with E-state index in [9.17, 15) is 4.79 Å². The van der Waals surface area contributed by atoms with Gasteiger partial charge in [-0.05, 0) is 62.0 Å². The largest absolute Gasteiger partial charge is 0.457 e. The van der Waals surface area contributed by atoms with Crippen molar-refractivity contribution in [3.8, 4) is 11.5 Å². The molecule has 2 aliphatic heterocycles. The van der Waals surface area contributed by atoms with Crippen LogP contribution in [0.5, 0.6) is 11.5 Å². The lowest BCUT2D eigenvalue weighted by Crippen LogP contribution is -2.45. The van der Waals surface area contributed by atoms with E-state index in [2.05, 4.69) is 40.7 Å². The summed E-state index contributed by atoms with van der Waals surface area (Å²) in [4.78, 5) is 15.2. The molecule has 30 heavy (non-hydrogen) atoms. The summed E-state index contributed by atoms with van der Waals surface area (Å²) in [5, 5.41) is 6.36. The fourth-order valence-electron chi connectivity index (χ4n) is 4.00. The molecule has 0 saturated carbocycles. The van der Waals surface area contributed by atoms with Crippen LogP contribution in [0.4, 0.5) is 0 Å². The van der Waals surface area contributed by atoms with Crippen molar-refractivity contribution in [2.45, 2.75) is 25.9 Å². The van der Waals surface area contributed by atoms with Crippen molar-refractivity contribution in [1.29, 1.82) is 0 Å². The lowest BCUT2D eigenvalue weighted by molar-refractivity contribution is -0.129. The molecule has 0 aliphatic carbocycles. The maximum absolute atomic E-state index is 12.8. The minimum atomic E-state index is -0.355. The van der Waals surface area contributed by atoms with Crippen LogP contribution in [0.2, 0.25) is 0 Å². The number of carbonyl (C=O) groups excluding carboxylic acids is 1. The fraction of sp³-hybridized carbons (Fsp3) is 0.320. The van der Waals surface area contributed by atoms with Crippen LogP contribution in [0.15, 0.2) is 79.0 Å². The SMILES string of the molecule is C[C@@]1(C(=O)NCC2C=CC=CN2)CCN(Cc2cccc(Oc3ccccc3)c2)C1. The second-order valence-corrected chi connectivity index (χ2v) is 8.31. The Morgan fingerprint density at radius 3 is 2.80 bits per heavy atom. The Morgan fingerprint density at radius 1 is 1.17 bits per heavy atom. The van der Waals surface area contributed by atoms with Crippen LogP contribution in [0.1, 0.15) is 18.9 Å². The van der Waals surface area contributed by atoms with Gasteiger partial charge >= 0.3 is 0 Å². The Balaban J connectivity index is 1.31. The van der Waals surface area contributed by atoms with E-state index in [1.807, 2.05) is 60.8 Å². The van der Waals surface area contributed by atoms with Crippen LogP contribution in [-0.2, 0) is 11.3 Å². The zero-order chi connectivity index (χ0) is 20.8. The average molecular weight is 404 g/mol. The number of carbonyl (C=O) groups is 1. The van der Waals surface area contributed by atoms with E-state index in [0.29, 0.717) is 6.54 Å². The van der Waals surface area contributed by atoms with Gasteiger partial charge in [-0.2, -0.15) is 0 Å². The summed E-state index contributed by atoms with van der Waals surface area (Å²) in [5.41, 5.74) is 0.836. The third-order valence-corrected chi connectivity index (χ3v) is 5.73. The van der Waals surface area contributed by atoms with Gasteiger partial charge in [0.15, 0.2) is 0 Å². The molecule has 2 N–H and O–H groups in total. The highest BCUT2D eigenvalue weighted by molar-refractivity contribution is 5.82. The summed E-state index contributed by atoms with van der Waals surface area (Å²) >= 11 is 0. The molecule has 1 fully saturated rings. The second-order valence-electron chi connectivity index (χ2n) is 8.31. The number of amides is 1. The van der Waals surface area contributed by atoms with Gasteiger partial charge in [0.25, 0.3) is 0 Å². The molecule has 4 rings (SSSR count). The number of hydrogen-bond donors (Lipinski definition) is 2. The number of ether oxygens (including phenoxy) is 1. The molecule has 0 spiro atoms. The first-order valence-electron chi connectivity index (χ1n) is 10.5. The number of hydrogen-bond acceptors (Lipinski definition) is 4. The molecule has 1 unspecified atom stereocenters. The lowest BCUT2D eigenvalue weighted by Gasteiger charge is -2.25. The van der Waals surface area contributed by atoms with E-state index in [1.54, 1.807) is 0 Å². The molecule has 0 radical (unpaired) electrons. The van der Waals surface area contributed by atoms with Gasteiger partial charge in [0.2, 0.25) is 5.91 Å². The number of allylic oxidation sites excluding steroid dienone is 2. The smallest absolute Gasteiger partial charge is 0.227 e. The molecule has 156 valence electrons. The minimum absolute atomic E-state index is 0.135. The number of nitrogens with zero attached hydrogens (tertiary/aromatic N) is 1. The summed E-state index contributed by atoms with van der Waals surface area (Å²) < 4.78 is 5.95. The van der Waals surface area contributed by atoms with Crippen molar-refractivity contribution < 1.29 is 9.53 Å². The number of para-hydroxylation sites is 1. The van der Waals surface area contributed by atoms with E-state index in [0.717, 1.165) is 37.6 Å². The quantitative estimate of drug-likeness (QED) is 0.737. The third-order valence-electron chi connectivity index (χ3n) is 5.73. The van der Waals surface area contributed by atoms with Gasteiger partial charge in [-0.15, -0.1) is 0 Å². The average Bonchev–Trinajstić information content (AvgIpc) is 3.15. The van der Waals surface area contributed by atoms with Crippen molar-refractivity contribution in [2.75, 3.05) is 19.6 Å². The fourth-order valence-corrected chi connectivity index (χ4v) is 4.00. The van der Waals surface area contributed by atoms with Crippen molar-refractivity contribution in [3.05, 3.63) is 84.6 Å². The van der Waals surface area contributed by atoms with Crippen LogP contribution in [-0.4, -0.2) is 36.5 Å². The third kappa shape index (κ3) is 5.10. The van der Waals surface area contributed by atoms with Gasteiger partial charge < -0.3 is 15.4 Å². The number of nitrogens with one attached hydrogen (secondary N) is 2. The molecule has 2 aromatic carbocycles. The van der Waals surface area contributed by atoms with Gasteiger partial charge in [-0.3, -0.25) is 9.69 Å². The topological polar surface area (TPSA) is 53.6 Å². The Labute approximate surface area is 178 Å². The number of benzene rings is 2. The number of rotatable bonds is 7. The maximum Gasteiger partial charge on any atom is 0.227 e. The predicted octanol–water partition coefficient (Wildman–Crippen LogP) is 3.85. The zero-order valence-corrected chi connectivity index (χ0v) is 17.4. The molecular formula is C25H29N3O2. The molecule has 2 aliphatic rings. The summed E-state index contributed by atoms with van der Waals surface area (Å²) in [6.07, 6.45) is 8.79. The molecule has 0 aromatic heterocycles. The molecule has 2 atom stereocenters. The highest BCUT2D eigenvalue weighted by Crippen LogP contribution is 2.31. The Kier molecular flexibility index (Phi) is 6.19. The number of dihydropyridines is 1. The predicted molar refractivity (Wildman–Crippen MR) is 119 cm³/mol. The first-order valence-corrected chi connectivity index (χ1v) is 10.5. The van der Waals surface area contributed by atoms with E-state index >= 15 is 0 Å². The van der Waals surface area contributed by atoms with Gasteiger partial charge in [0.05, 0.1) is 11.5 Å². The molecule has 1 amide bonds. The Bertz CT molecular complexity index is 925. The molecular weight excluding hydrogens is 374 g/mol. The van der Waals surface area contributed by atoms with Gasteiger partial charge in [-0.1, -0.05) is 42.5 Å². The highest BCUT2D eigenvalue weighted by atomic mass is 16.5. The van der Waals surface area contributed by atoms with Gasteiger partial charge in [0.1, 0.15) is 11.5 Å². The van der Waals surface area contributed by atoms with E-state index in [-0.39, 0.29) is 17.4 Å². The van der Waals surface area contributed by atoms with Crippen molar-refractivity contribution in [3.63, 3.8) is 0 Å². The molecule has 1 saturated heterocycles. The van der Waals surface area contributed by atoms with Gasteiger partial charge in [0, 0.05) is 19.6 Å². The summed E-state index contributed by atoms with van der Waals surface area (Å²) in [6, 6.07) is 18.2. The minimum Gasteiger partial charge on any atom is -0.457 e. The normalized spacial score (nSPS) is 23.2. The van der Waals surface area contributed by atoms with Crippen molar-refractivity contribution in [2.24, 2.45) is 5.41 Å². The van der Waals surface area contributed by atoms with Crippen molar-refractivity contribution >= 4 is 5.91 Å². The van der Waals surface area contributed by atoms with E-state index in [1.165, 1.54) is 5.56 Å². The summed E-state index contributed by atoms with van der Waals surface area (Å²) in [6.45, 7) is 5.16. The molecule has 5 nitrogen and oxygen atoms in total. The summed E-state index contributed by atoms with van der Waals surface area (Å²) in [7, 11) is 0. The van der Waals surface area contributed by atoms with Crippen LogP contribution in [0.25, 0.3) is 0 Å². The molecule has 0 bridgehead atoms. The van der Waals surface area contributed by atoms with Crippen LogP contribution in [0, 0.1) is 5.41 Å². The number of likely N-dealkylation sites (tertiary alicyclic amines) is 1. The maximum atomic E-state index is 12.8. The second kappa shape index (κ2) is 9.18. The van der Waals surface area contributed by atoms with Crippen molar-refractivity contribution in [1.82, 2.24) is 15.5 Å². The summed E-state index contributed by atoms with van der Waals surface area (Å²) in [5.74, 6) is 1.80. The van der Waals surface area contributed by atoms with E-state index in [4.69, 9.17) is 4.74 Å². The molecule has 2 aromatic rings. The van der Waals surface area contributed by atoms with Crippen LogP contribution in [0.3, 0.4) is 0 Å². The standard InChI is InChI=1S/C25H29N3O2/c1-25(24(29)27-17-21-9-5-6-14-26-21)13-15-28(19-25)18-20-8-7-12-23(16-20)30-22-10-3-2-4-11-22/h2-12,14,16,21,26H,13,15,17-19H2,1H3,(H,27,29)/t21?,25-/m1/s1.